The third-order valence-electron chi connectivity index (χ3n) is 1.41. The van der Waals surface area contributed by atoms with Gasteiger partial charge in [0.25, 0.3) is 0 Å². The molecule has 0 aliphatic heterocycles. The first kappa shape index (κ1) is 12.3. The molecule has 74 valence electrons. The van der Waals surface area contributed by atoms with E-state index < -0.39 is 6.10 Å². The summed E-state index contributed by atoms with van der Waals surface area (Å²) in [4.78, 5) is 11.0. The van der Waals surface area contributed by atoms with Crippen LogP contribution in [0.25, 0.3) is 0 Å². The number of hydrogen-bond donors (Lipinski definition) is 2. The largest absolute Gasteiger partial charge is 0.391 e. The van der Waals surface area contributed by atoms with Crippen molar-refractivity contribution in [2.24, 2.45) is 0 Å². The van der Waals surface area contributed by atoms with Crippen molar-refractivity contribution in [2.75, 3.05) is 18.1 Å². The van der Waals surface area contributed by atoms with Gasteiger partial charge in [-0.2, -0.15) is 5.26 Å². The average molecular weight is 202 g/mol. The Hall–Kier alpha value is -0.730. The van der Waals surface area contributed by atoms with E-state index in [1.165, 1.54) is 11.8 Å². The van der Waals surface area contributed by atoms with E-state index in [9.17, 15) is 4.79 Å². The van der Waals surface area contributed by atoms with Crippen LogP contribution in [0.1, 0.15) is 13.3 Å². The molecule has 4 nitrogen and oxygen atoms in total. The zero-order valence-corrected chi connectivity index (χ0v) is 8.43. The Morgan fingerprint density at radius 1 is 1.77 bits per heavy atom. The van der Waals surface area contributed by atoms with Crippen LogP contribution in [-0.2, 0) is 4.79 Å². The molecule has 1 amide bonds. The van der Waals surface area contributed by atoms with Gasteiger partial charge in [-0.1, -0.05) is 6.92 Å². The number of thioether (sulfide) groups is 1. The summed E-state index contributed by atoms with van der Waals surface area (Å²) in [7, 11) is 0. The average Bonchev–Trinajstić information content (AvgIpc) is 2.14. The van der Waals surface area contributed by atoms with Gasteiger partial charge in [-0.25, -0.2) is 0 Å². The minimum Gasteiger partial charge on any atom is -0.391 e. The molecule has 0 radical (unpaired) electrons. The van der Waals surface area contributed by atoms with E-state index in [-0.39, 0.29) is 11.7 Å². The Morgan fingerprint density at radius 2 is 2.46 bits per heavy atom. The number of nitriles is 1. The molecule has 0 aromatic carbocycles. The molecule has 0 spiro atoms. The van der Waals surface area contributed by atoms with Crippen LogP contribution in [0.3, 0.4) is 0 Å². The summed E-state index contributed by atoms with van der Waals surface area (Å²) in [6.45, 7) is 2.14. The van der Waals surface area contributed by atoms with Crippen LogP contribution >= 0.6 is 11.8 Å². The Morgan fingerprint density at radius 3 is 3.00 bits per heavy atom. The van der Waals surface area contributed by atoms with E-state index in [1.807, 2.05) is 13.0 Å². The molecule has 0 aromatic rings. The van der Waals surface area contributed by atoms with E-state index in [0.717, 1.165) is 0 Å². The maximum atomic E-state index is 11.0. The molecule has 0 aromatic heterocycles. The molecule has 5 heteroatoms. The Balaban J connectivity index is 3.36. The summed E-state index contributed by atoms with van der Waals surface area (Å²) in [6, 6.07) is 1.93. The van der Waals surface area contributed by atoms with Gasteiger partial charge in [0.15, 0.2) is 0 Å². The predicted octanol–water partition coefficient (Wildman–Crippen LogP) is 0.130. The van der Waals surface area contributed by atoms with Crippen LogP contribution in [0.4, 0.5) is 0 Å². The Bertz CT molecular complexity index is 191. The fourth-order valence-electron chi connectivity index (χ4n) is 0.616. The van der Waals surface area contributed by atoms with Crippen molar-refractivity contribution < 1.29 is 9.90 Å². The van der Waals surface area contributed by atoms with Crippen molar-refractivity contribution in [3.05, 3.63) is 0 Å². The minimum absolute atomic E-state index is 0.132. The summed E-state index contributed by atoms with van der Waals surface area (Å²) in [5.74, 6) is 0.473. The smallest absolute Gasteiger partial charge is 0.230 e. The number of nitrogens with zero attached hydrogens (tertiary/aromatic N) is 1. The van der Waals surface area contributed by atoms with Gasteiger partial charge >= 0.3 is 0 Å². The highest BCUT2D eigenvalue weighted by atomic mass is 32.2. The highest BCUT2D eigenvalue weighted by Crippen LogP contribution is 1.96. The fraction of sp³-hybridized carbons (Fsp3) is 0.750. The number of aliphatic hydroxyl groups excluding tert-OH is 1. The Labute approximate surface area is 82.3 Å². The van der Waals surface area contributed by atoms with Gasteiger partial charge in [-0.3, -0.25) is 4.79 Å². The maximum absolute atomic E-state index is 11.0. The fourth-order valence-corrected chi connectivity index (χ4v) is 1.10. The van der Waals surface area contributed by atoms with Crippen molar-refractivity contribution in [3.8, 4) is 6.07 Å². The van der Waals surface area contributed by atoms with Crippen LogP contribution in [-0.4, -0.2) is 35.2 Å². The molecule has 0 saturated heterocycles. The lowest BCUT2D eigenvalue weighted by molar-refractivity contribution is -0.119. The van der Waals surface area contributed by atoms with Crippen LogP contribution in [0.2, 0.25) is 0 Å². The van der Waals surface area contributed by atoms with Gasteiger partial charge < -0.3 is 10.4 Å². The van der Waals surface area contributed by atoms with Gasteiger partial charge in [0, 0.05) is 6.54 Å². The second kappa shape index (κ2) is 7.90. The van der Waals surface area contributed by atoms with E-state index in [1.54, 1.807) is 0 Å². The van der Waals surface area contributed by atoms with Crippen molar-refractivity contribution in [1.82, 2.24) is 5.32 Å². The third kappa shape index (κ3) is 7.62. The number of amides is 1. The van der Waals surface area contributed by atoms with E-state index in [4.69, 9.17) is 10.4 Å². The standard InChI is InChI=1S/C8H14N2O2S/c1-2-7(11)5-10-8(12)6-13-4-3-9/h7,11H,2,4-6H2,1H3,(H,10,12). The summed E-state index contributed by atoms with van der Waals surface area (Å²) >= 11 is 1.27. The van der Waals surface area contributed by atoms with Gasteiger partial charge in [0.2, 0.25) is 5.91 Å². The molecule has 0 aliphatic rings. The first-order valence-electron chi connectivity index (χ1n) is 4.10. The summed E-state index contributed by atoms with van der Waals surface area (Å²) in [5, 5.41) is 19.9. The lowest BCUT2D eigenvalue weighted by Gasteiger charge is -2.08. The number of carbonyl (C=O) groups excluding carboxylic acids is 1. The molecule has 1 unspecified atom stereocenters. The van der Waals surface area contributed by atoms with E-state index in [2.05, 4.69) is 5.32 Å². The zero-order valence-electron chi connectivity index (χ0n) is 7.62. The van der Waals surface area contributed by atoms with Gasteiger partial charge in [-0.15, -0.1) is 11.8 Å². The molecule has 0 bridgehead atoms. The van der Waals surface area contributed by atoms with Gasteiger partial charge in [-0.05, 0) is 6.42 Å². The molecular weight excluding hydrogens is 188 g/mol. The molecular formula is C8H14N2O2S. The Kier molecular flexibility index (Phi) is 7.45. The van der Waals surface area contributed by atoms with Crippen molar-refractivity contribution in [3.63, 3.8) is 0 Å². The molecule has 0 rings (SSSR count). The molecule has 1 atom stereocenters. The number of rotatable bonds is 6. The first-order chi connectivity index (χ1) is 6.20. The number of carbonyl (C=O) groups is 1. The topological polar surface area (TPSA) is 73.1 Å². The van der Waals surface area contributed by atoms with Crippen LogP contribution in [0.15, 0.2) is 0 Å². The molecule has 2 N–H and O–H groups in total. The predicted molar refractivity (Wildman–Crippen MR) is 52.2 cm³/mol. The highest BCUT2D eigenvalue weighted by molar-refractivity contribution is 8.00. The normalized spacial score (nSPS) is 11.8. The number of hydrogen-bond acceptors (Lipinski definition) is 4. The summed E-state index contributed by atoms with van der Waals surface area (Å²) < 4.78 is 0. The van der Waals surface area contributed by atoms with E-state index in [0.29, 0.717) is 18.7 Å². The lowest BCUT2D eigenvalue weighted by Crippen LogP contribution is -2.32. The molecule has 0 heterocycles. The SMILES string of the molecule is CCC(O)CNC(=O)CSCC#N. The minimum atomic E-state index is -0.468. The third-order valence-corrected chi connectivity index (χ3v) is 2.21. The van der Waals surface area contributed by atoms with Crippen LogP contribution in [0.5, 0.6) is 0 Å². The van der Waals surface area contributed by atoms with Gasteiger partial charge in [0.05, 0.1) is 23.7 Å². The van der Waals surface area contributed by atoms with Crippen LogP contribution in [0, 0.1) is 11.3 Å². The quantitative estimate of drug-likeness (QED) is 0.600. The molecule has 0 fully saturated rings. The first-order valence-corrected chi connectivity index (χ1v) is 5.25. The molecule has 0 aliphatic carbocycles. The van der Waals surface area contributed by atoms with Crippen molar-refractivity contribution >= 4 is 17.7 Å². The van der Waals surface area contributed by atoms with Crippen molar-refractivity contribution in [2.45, 2.75) is 19.4 Å². The maximum Gasteiger partial charge on any atom is 0.230 e. The van der Waals surface area contributed by atoms with Gasteiger partial charge in [0.1, 0.15) is 0 Å². The number of nitrogens with one attached hydrogen (secondary N) is 1. The number of aliphatic hydroxyl groups is 1. The summed E-state index contributed by atoms with van der Waals surface area (Å²) in [5.41, 5.74) is 0. The lowest BCUT2D eigenvalue weighted by atomic mass is 10.3. The van der Waals surface area contributed by atoms with Crippen LogP contribution < -0.4 is 5.32 Å². The van der Waals surface area contributed by atoms with Crippen molar-refractivity contribution in [1.29, 1.82) is 5.26 Å². The second-order valence-corrected chi connectivity index (χ2v) is 3.50. The second-order valence-electron chi connectivity index (χ2n) is 2.52. The van der Waals surface area contributed by atoms with E-state index >= 15 is 0 Å². The highest BCUT2D eigenvalue weighted by Gasteiger charge is 2.04. The molecule has 0 saturated carbocycles. The zero-order chi connectivity index (χ0) is 10.1. The summed E-state index contributed by atoms with van der Waals surface area (Å²) in [6.07, 6.45) is 0.163. The molecule has 13 heavy (non-hydrogen) atoms. The monoisotopic (exact) mass is 202 g/mol.